The highest BCUT2D eigenvalue weighted by Gasteiger charge is 2.20. The van der Waals surface area contributed by atoms with E-state index in [-0.39, 0.29) is 0 Å². The van der Waals surface area contributed by atoms with Crippen molar-refractivity contribution in [2.45, 2.75) is 25.2 Å². The molecular formula is C22H21P. The molecule has 0 spiro atoms. The Balaban J connectivity index is 1.73. The summed E-state index contributed by atoms with van der Waals surface area (Å²) in [5.41, 5.74) is 1.52. The van der Waals surface area contributed by atoms with E-state index in [2.05, 4.69) is 84.9 Å². The van der Waals surface area contributed by atoms with Gasteiger partial charge in [0.15, 0.2) is 0 Å². The molecule has 0 bridgehead atoms. The average molecular weight is 316 g/mol. The Bertz CT molecular complexity index is 703. The Morgan fingerprint density at radius 3 is 1.48 bits per heavy atom. The van der Waals surface area contributed by atoms with Crippen LogP contribution in [0.15, 0.2) is 84.9 Å². The summed E-state index contributed by atoms with van der Waals surface area (Å²) in [7, 11) is -0.464. The SMILES string of the molecule is c1ccc(P(c2ccccc2)c2ccc(C3CCC3)cc2)cc1. The third kappa shape index (κ3) is 3.09. The van der Waals surface area contributed by atoms with Gasteiger partial charge in [-0.2, -0.15) is 0 Å². The molecule has 0 saturated heterocycles. The Kier molecular flexibility index (Phi) is 4.26. The fraction of sp³-hybridized carbons (Fsp3) is 0.182. The number of hydrogen-bond acceptors (Lipinski definition) is 0. The summed E-state index contributed by atoms with van der Waals surface area (Å²) in [6.45, 7) is 0. The molecule has 114 valence electrons. The van der Waals surface area contributed by atoms with Crippen molar-refractivity contribution >= 4 is 23.8 Å². The first-order valence-electron chi connectivity index (χ1n) is 8.42. The van der Waals surface area contributed by atoms with Gasteiger partial charge in [0.25, 0.3) is 0 Å². The van der Waals surface area contributed by atoms with E-state index in [4.69, 9.17) is 0 Å². The summed E-state index contributed by atoms with van der Waals surface area (Å²) in [5.74, 6) is 0.809. The van der Waals surface area contributed by atoms with Crippen molar-refractivity contribution < 1.29 is 0 Å². The van der Waals surface area contributed by atoms with Gasteiger partial charge in [0.1, 0.15) is 0 Å². The lowest BCUT2D eigenvalue weighted by Gasteiger charge is -2.26. The summed E-state index contributed by atoms with van der Waals surface area (Å²) in [6, 6.07) is 31.3. The second-order valence-electron chi connectivity index (χ2n) is 6.23. The molecule has 0 amide bonds. The predicted molar refractivity (Wildman–Crippen MR) is 102 cm³/mol. The van der Waals surface area contributed by atoms with Crippen LogP contribution < -0.4 is 15.9 Å². The van der Waals surface area contributed by atoms with E-state index >= 15 is 0 Å². The van der Waals surface area contributed by atoms with Crippen molar-refractivity contribution in [3.05, 3.63) is 90.5 Å². The molecule has 4 rings (SSSR count). The van der Waals surface area contributed by atoms with Gasteiger partial charge in [-0.25, -0.2) is 0 Å². The Morgan fingerprint density at radius 2 is 1.04 bits per heavy atom. The van der Waals surface area contributed by atoms with E-state index in [0.717, 1.165) is 5.92 Å². The molecule has 23 heavy (non-hydrogen) atoms. The van der Waals surface area contributed by atoms with Crippen molar-refractivity contribution in [1.29, 1.82) is 0 Å². The quantitative estimate of drug-likeness (QED) is 0.611. The minimum absolute atomic E-state index is 0.464. The maximum Gasteiger partial charge on any atom is -0.0134 e. The predicted octanol–water partition coefficient (Wildman–Crippen LogP) is 4.71. The molecule has 0 N–H and O–H groups in total. The Labute approximate surface area is 139 Å². The molecule has 1 saturated carbocycles. The highest BCUT2D eigenvalue weighted by atomic mass is 31.1. The molecular weight excluding hydrogens is 295 g/mol. The standard InChI is InChI=1S/C22H21P/c1-3-10-20(11-4-1)23(21-12-5-2-6-13-21)22-16-14-19(15-17-22)18-8-7-9-18/h1-6,10-18H,7-9H2. The van der Waals surface area contributed by atoms with Gasteiger partial charge >= 0.3 is 0 Å². The minimum Gasteiger partial charge on any atom is -0.0622 e. The molecule has 0 atom stereocenters. The van der Waals surface area contributed by atoms with Crippen LogP contribution in [-0.4, -0.2) is 0 Å². The topological polar surface area (TPSA) is 0 Å². The molecule has 1 fully saturated rings. The second kappa shape index (κ2) is 6.69. The van der Waals surface area contributed by atoms with Crippen LogP contribution in [0.3, 0.4) is 0 Å². The summed E-state index contributed by atoms with van der Waals surface area (Å²) in [5, 5.41) is 4.29. The summed E-state index contributed by atoms with van der Waals surface area (Å²) in [4.78, 5) is 0. The van der Waals surface area contributed by atoms with E-state index in [0.29, 0.717) is 0 Å². The third-order valence-corrected chi connectivity index (χ3v) is 7.20. The van der Waals surface area contributed by atoms with Crippen molar-refractivity contribution in [2.24, 2.45) is 0 Å². The molecule has 0 aliphatic heterocycles. The lowest BCUT2D eigenvalue weighted by molar-refractivity contribution is 0.420. The normalized spacial score (nSPS) is 14.7. The molecule has 1 heteroatoms. The van der Waals surface area contributed by atoms with Gasteiger partial charge in [-0.3, -0.25) is 0 Å². The van der Waals surface area contributed by atoms with E-state index in [1.807, 2.05) is 0 Å². The van der Waals surface area contributed by atoms with Crippen molar-refractivity contribution in [3.63, 3.8) is 0 Å². The summed E-state index contributed by atoms with van der Waals surface area (Å²) in [6.07, 6.45) is 4.13. The Hall–Kier alpha value is -1.91. The lowest BCUT2D eigenvalue weighted by atomic mass is 9.80. The summed E-state index contributed by atoms with van der Waals surface area (Å²) < 4.78 is 0. The van der Waals surface area contributed by atoms with Gasteiger partial charge in [0.05, 0.1) is 0 Å². The van der Waals surface area contributed by atoms with Gasteiger partial charge in [-0.15, -0.1) is 0 Å². The van der Waals surface area contributed by atoms with Crippen LogP contribution >= 0.6 is 7.92 Å². The maximum absolute atomic E-state index is 2.36. The van der Waals surface area contributed by atoms with Gasteiger partial charge < -0.3 is 0 Å². The van der Waals surface area contributed by atoms with Crippen LogP contribution in [0.25, 0.3) is 0 Å². The van der Waals surface area contributed by atoms with Crippen LogP contribution in [0.2, 0.25) is 0 Å². The van der Waals surface area contributed by atoms with Crippen LogP contribution in [0.5, 0.6) is 0 Å². The molecule has 0 aromatic heterocycles. The number of rotatable bonds is 4. The van der Waals surface area contributed by atoms with Gasteiger partial charge in [-0.05, 0) is 48.2 Å². The molecule has 3 aromatic rings. The van der Waals surface area contributed by atoms with E-state index in [1.54, 1.807) is 0 Å². The monoisotopic (exact) mass is 316 g/mol. The summed E-state index contributed by atoms with van der Waals surface area (Å²) >= 11 is 0. The molecule has 0 radical (unpaired) electrons. The third-order valence-electron chi connectivity index (χ3n) is 4.76. The Morgan fingerprint density at radius 1 is 0.565 bits per heavy atom. The zero-order valence-electron chi connectivity index (χ0n) is 13.2. The maximum atomic E-state index is 2.36. The average Bonchev–Trinajstić information content (AvgIpc) is 2.57. The highest BCUT2D eigenvalue weighted by molar-refractivity contribution is 7.79. The number of benzene rings is 3. The van der Waals surface area contributed by atoms with Gasteiger partial charge in [0.2, 0.25) is 0 Å². The first-order chi connectivity index (χ1) is 11.4. The zero-order chi connectivity index (χ0) is 15.5. The number of hydrogen-bond donors (Lipinski definition) is 0. The second-order valence-corrected chi connectivity index (χ2v) is 8.45. The molecule has 3 aromatic carbocycles. The van der Waals surface area contributed by atoms with E-state index in [9.17, 15) is 0 Å². The molecule has 0 nitrogen and oxygen atoms in total. The van der Waals surface area contributed by atoms with Gasteiger partial charge in [0, 0.05) is 0 Å². The van der Waals surface area contributed by atoms with Crippen LogP contribution in [0, 0.1) is 0 Å². The molecule has 0 heterocycles. The lowest BCUT2D eigenvalue weighted by Crippen LogP contribution is -2.20. The van der Waals surface area contributed by atoms with Crippen molar-refractivity contribution in [1.82, 2.24) is 0 Å². The van der Waals surface area contributed by atoms with Crippen LogP contribution in [0.1, 0.15) is 30.7 Å². The van der Waals surface area contributed by atoms with Crippen molar-refractivity contribution in [3.8, 4) is 0 Å². The van der Waals surface area contributed by atoms with Gasteiger partial charge in [-0.1, -0.05) is 91.3 Å². The first kappa shape index (κ1) is 14.7. The van der Waals surface area contributed by atoms with E-state index < -0.39 is 7.92 Å². The molecule has 0 unspecified atom stereocenters. The largest absolute Gasteiger partial charge is 0.0622 e. The first-order valence-corrected chi connectivity index (χ1v) is 9.76. The fourth-order valence-corrected chi connectivity index (χ4v) is 5.52. The van der Waals surface area contributed by atoms with Crippen LogP contribution in [0.4, 0.5) is 0 Å². The highest BCUT2D eigenvalue weighted by Crippen LogP contribution is 2.37. The van der Waals surface area contributed by atoms with E-state index in [1.165, 1.54) is 40.7 Å². The van der Waals surface area contributed by atoms with Crippen LogP contribution in [-0.2, 0) is 0 Å². The smallest absolute Gasteiger partial charge is 0.0134 e. The fourth-order valence-electron chi connectivity index (χ4n) is 3.24. The van der Waals surface area contributed by atoms with Crippen molar-refractivity contribution in [2.75, 3.05) is 0 Å². The molecule has 1 aliphatic carbocycles. The zero-order valence-corrected chi connectivity index (χ0v) is 14.1. The molecule has 1 aliphatic rings. The minimum atomic E-state index is -0.464.